The maximum atomic E-state index is 9.79. The van der Waals surface area contributed by atoms with Crippen LogP contribution in [0.2, 0.25) is 0 Å². The summed E-state index contributed by atoms with van der Waals surface area (Å²) in [4.78, 5) is 19.6. The second-order valence-corrected chi connectivity index (χ2v) is 1.64. The second-order valence-electron chi connectivity index (χ2n) is 1.64. The van der Waals surface area contributed by atoms with E-state index in [1.165, 1.54) is 0 Å². The average Bonchev–Trinajstić information content (AvgIpc) is 1.63. The summed E-state index contributed by atoms with van der Waals surface area (Å²) < 4.78 is 0. The largest absolute Gasteiger partial charge is 0.481 e. The van der Waals surface area contributed by atoms with Gasteiger partial charge < -0.3 is 10.2 Å². The minimum Gasteiger partial charge on any atom is -0.481 e. The van der Waals surface area contributed by atoms with Crippen LogP contribution in [0.1, 0.15) is 19.3 Å². The number of hydrogen-bond donors (Lipinski definition) is 2. The molecule has 2 N–H and O–H groups in total. The number of carboxylic acid groups (broad SMARTS) is 2. The van der Waals surface area contributed by atoms with E-state index in [4.69, 9.17) is 10.2 Å². The molecule has 0 aliphatic carbocycles. The Labute approximate surface area is 68.7 Å². The molecule has 0 aliphatic rings. The van der Waals surface area contributed by atoms with Crippen LogP contribution in [0.4, 0.5) is 0 Å². The van der Waals surface area contributed by atoms with E-state index in [9.17, 15) is 9.59 Å². The monoisotopic (exact) mass is 187 g/mol. The van der Waals surface area contributed by atoms with Crippen molar-refractivity contribution in [2.24, 2.45) is 0 Å². The summed E-state index contributed by atoms with van der Waals surface area (Å²) in [5.41, 5.74) is 0. The summed E-state index contributed by atoms with van der Waals surface area (Å²) in [6.45, 7) is 0. The Morgan fingerprint density at radius 3 is 1.50 bits per heavy atom. The molecule has 10 heavy (non-hydrogen) atoms. The second kappa shape index (κ2) is 6.58. The first kappa shape index (κ1) is 12.2. The Morgan fingerprint density at radius 1 is 1.00 bits per heavy atom. The third-order valence-corrected chi connectivity index (χ3v) is 0.781. The van der Waals surface area contributed by atoms with E-state index in [-0.39, 0.29) is 36.3 Å². The van der Waals surface area contributed by atoms with Crippen LogP contribution in [-0.4, -0.2) is 22.2 Å². The molecule has 4 nitrogen and oxygen atoms in total. The third-order valence-electron chi connectivity index (χ3n) is 0.781. The Kier molecular flexibility index (Phi) is 8.00. The summed E-state index contributed by atoms with van der Waals surface area (Å²) in [6.07, 6.45) is 0.0866. The van der Waals surface area contributed by atoms with Crippen molar-refractivity contribution in [3.63, 3.8) is 0 Å². The first-order chi connectivity index (χ1) is 4.13. The topological polar surface area (TPSA) is 74.6 Å². The fourth-order valence-corrected chi connectivity index (χ4v) is 0.391. The summed E-state index contributed by atoms with van der Waals surface area (Å²) >= 11 is 0. The van der Waals surface area contributed by atoms with E-state index in [0.717, 1.165) is 0 Å². The van der Waals surface area contributed by atoms with Gasteiger partial charge in [-0.2, -0.15) is 0 Å². The standard InChI is InChI=1S/C5H8O4.Mn/c6-4(7)2-1-3-5(8)9;/h1-3H2,(H,6,7)(H,8,9);. The summed E-state index contributed by atoms with van der Waals surface area (Å²) in [5.74, 6) is -1.90. The Hall–Kier alpha value is -0.541. The zero-order valence-corrected chi connectivity index (χ0v) is 6.39. The zero-order chi connectivity index (χ0) is 7.28. The van der Waals surface area contributed by atoms with Crippen LogP contribution in [0.5, 0.6) is 0 Å². The molecule has 0 aromatic heterocycles. The Balaban J connectivity index is 0. The zero-order valence-electron chi connectivity index (χ0n) is 5.21. The van der Waals surface area contributed by atoms with Gasteiger partial charge in [-0.3, -0.25) is 9.59 Å². The fourth-order valence-electron chi connectivity index (χ4n) is 0.391. The number of rotatable bonds is 4. The summed E-state index contributed by atoms with van der Waals surface area (Å²) in [5, 5.41) is 16.1. The molecule has 0 rings (SSSR count). The van der Waals surface area contributed by atoms with Gasteiger partial charge in [0, 0.05) is 29.9 Å². The molecule has 0 fully saturated rings. The molecule has 0 saturated heterocycles. The van der Waals surface area contributed by atoms with Gasteiger partial charge in [0.1, 0.15) is 0 Å². The average molecular weight is 187 g/mol. The molecule has 59 valence electrons. The molecular formula is C5H8MnO4. The molecule has 0 bridgehead atoms. The van der Waals surface area contributed by atoms with Crippen molar-refractivity contribution in [1.82, 2.24) is 0 Å². The van der Waals surface area contributed by atoms with Gasteiger partial charge in [-0.15, -0.1) is 0 Å². The molecule has 5 heteroatoms. The minimum absolute atomic E-state index is 0. The number of carbonyl (C=O) groups is 2. The first-order valence-electron chi connectivity index (χ1n) is 2.56. The quantitative estimate of drug-likeness (QED) is 0.621. The van der Waals surface area contributed by atoms with Crippen LogP contribution in [-0.2, 0) is 26.7 Å². The van der Waals surface area contributed by atoms with Crippen molar-refractivity contribution in [2.75, 3.05) is 0 Å². The smallest absolute Gasteiger partial charge is 0.303 e. The maximum Gasteiger partial charge on any atom is 0.303 e. The molecule has 0 aromatic carbocycles. The van der Waals surface area contributed by atoms with Gasteiger partial charge in [0.05, 0.1) is 0 Å². The maximum absolute atomic E-state index is 9.79. The van der Waals surface area contributed by atoms with Crippen LogP contribution in [0, 0.1) is 0 Å². The molecule has 0 saturated carbocycles. The van der Waals surface area contributed by atoms with Crippen molar-refractivity contribution in [1.29, 1.82) is 0 Å². The van der Waals surface area contributed by atoms with Crippen molar-refractivity contribution in [2.45, 2.75) is 19.3 Å². The molecule has 0 heterocycles. The predicted molar refractivity (Wildman–Crippen MR) is 29.1 cm³/mol. The SMILES string of the molecule is O=C(O)CCCC(=O)O.[Mn]. The van der Waals surface area contributed by atoms with Crippen molar-refractivity contribution < 1.29 is 36.9 Å². The van der Waals surface area contributed by atoms with Crippen LogP contribution in [0.25, 0.3) is 0 Å². The van der Waals surface area contributed by atoms with E-state index in [0.29, 0.717) is 0 Å². The van der Waals surface area contributed by atoms with Gasteiger partial charge in [0.2, 0.25) is 0 Å². The molecular weight excluding hydrogens is 179 g/mol. The van der Waals surface area contributed by atoms with E-state index in [2.05, 4.69) is 0 Å². The minimum atomic E-state index is -0.948. The number of aliphatic carboxylic acids is 2. The van der Waals surface area contributed by atoms with Gasteiger partial charge in [-0.25, -0.2) is 0 Å². The van der Waals surface area contributed by atoms with Gasteiger partial charge >= 0.3 is 11.9 Å². The van der Waals surface area contributed by atoms with Gasteiger partial charge in [-0.05, 0) is 6.42 Å². The molecule has 1 radical (unpaired) electrons. The van der Waals surface area contributed by atoms with Crippen molar-refractivity contribution in [3.05, 3.63) is 0 Å². The normalized spacial score (nSPS) is 8.00. The van der Waals surface area contributed by atoms with Gasteiger partial charge in [0.25, 0.3) is 0 Å². The number of hydrogen-bond acceptors (Lipinski definition) is 2. The van der Waals surface area contributed by atoms with Gasteiger partial charge in [0.15, 0.2) is 0 Å². The third kappa shape index (κ3) is 10.4. The first-order valence-corrected chi connectivity index (χ1v) is 2.56. The summed E-state index contributed by atoms with van der Waals surface area (Å²) in [6, 6.07) is 0. The Bertz CT molecular complexity index is 109. The van der Waals surface area contributed by atoms with Crippen LogP contribution < -0.4 is 0 Å². The Morgan fingerprint density at radius 2 is 1.30 bits per heavy atom. The molecule has 0 aromatic rings. The molecule has 0 spiro atoms. The van der Waals surface area contributed by atoms with Crippen LogP contribution in [0.15, 0.2) is 0 Å². The van der Waals surface area contributed by atoms with E-state index >= 15 is 0 Å². The van der Waals surface area contributed by atoms with Crippen molar-refractivity contribution >= 4 is 11.9 Å². The predicted octanol–water partition coefficient (Wildman–Crippen LogP) is 0.323. The van der Waals surface area contributed by atoms with E-state index < -0.39 is 11.9 Å². The van der Waals surface area contributed by atoms with Crippen LogP contribution >= 0.6 is 0 Å². The van der Waals surface area contributed by atoms with Crippen molar-refractivity contribution in [3.8, 4) is 0 Å². The molecule has 0 amide bonds. The van der Waals surface area contributed by atoms with Gasteiger partial charge in [-0.1, -0.05) is 0 Å². The van der Waals surface area contributed by atoms with E-state index in [1.807, 2.05) is 0 Å². The van der Waals surface area contributed by atoms with Crippen LogP contribution in [0.3, 0.4) is 0 Å². The number of carboxylic acids is 2. The van der Waals surface area contributed by atoms with E-state index in [1.54, 1.807) is 0 Å². The summed E-state index contributed by atoms with van der Waals surface area (Å²) in [7, 11) is 0. The molecule has 0 aliphatic heterocycles. The molecule has 0 unspecified atom stereocenters. The molecule has 0 atom stereocenters. The fraction of sp³-hybridized carbons (Fsp3) is 0.600.